The van der Waals surface area contributed by atoms with Crippen molar-refractivity contribution in [2.24, 2.45) is 5.92 Å². The van der Waals surface area contributed by atoms with Crippen LogP contribution < -0.4 is 0 Å². The Morgan fingerprint density at radius 3 is 1.00 bits per heavy atom. The molecule has 6 heteroatoms. The van der Waals surface area contributed by atoms with Crippen molar-refractivity contribution in [3.63, 3.8) is 0 Å². The van der Waals surface area contributed by atoms with Crippen LogP contribution >= 0.6 is 0 Å². The minimum absolute atomic E-state index is 0.0641. The largest absolute Gasteiger partial charge is 0.462 e. The van der Waals surface area contributed by atoms with Crippen molar-refractivity contribution in [2.45, 2.75) is 259 Å². The monoisotopic (exact) mass is 737 g/mol. The zero-order chi connectivity index (χ0) is 38.2. The van der Waals surface area contributed by atoms with Crippen LogP contribution in [-0.2, 0) is 28.6 Å². The van der Waals surface area contributed by atoms with Gasteiger partial charge < -0.3 is 14.2 Å². The fourth-order valence-electron chi connectivity index (χ4n) is 6.77. The summed E-state index contributed by atoms with van der Waals surface area (Å²) in [5.74, 6) is -0.00807. The summed E-state index contributed by atoms with van der Waals surface area (Å²) in [7, 11) is 0. The van der Waals surface area contributed by atoms with Crippen LogP contribution in [0, 0.1) is 5.92 Å². The van der Waals surface area contributed by atoms with Gasteiger partial charge >= 0.3 is 17.9 Å². The van der Waals surface area contributed by atoms with E-state index in [-0.39, 0.29) is 31.1 Å². The van der Waals surface area contributed by atoms with Crippen molar-refractivity contribution in [2.75, 3.05) is 13.2 Å². The first-order valence-corrected chi connectivity index (χ1v) is 22.9. The zero-order valence-electron chi connectivity index (χ0n) is 35.3. The van der Waals surface area contributed by atoms with Gasteiger partial charge in [-0.15, -0.1) is 0 Å². The van der Waals surface area contributed by atoms with E-state index in [4.69, 9.17) is 14.2 Å². The second kappa shape index (κ2) is 40.6. The Balaban J connectivity index is 4.34. The van der Waals surface area contributed by atoms with Gasteiger partial charge in [0.05, 0.1) is 0 Å². The Hall–Kier alpha value is -1.59. The average Bonchev–Trinajstić information content (AvgIpc) is 3.14. The van der Waals surface area contributed by atoms with Gasteiger partial charge in [-0.05, 0) is 25.2 Å². The third-order valence-corrected chi connectivity index (χ3v) is 10.7. The lowest BCUT2D eigenvalue weighted by atomic mass is 9.99. The standard InChI is InChI=1S/C46H88O6/c1-5-8-10-12-14-16-18-19-21-27-31-35-39-46(49)52-43(40-50-44(47)37-33-29-25-20-17-15-13-11-9-6-2)41-51-45(48)38-34-30-26-23-22-24-28-32-36-42(4)7-3/h42-43H,5-41H2,1-4H3/t42?,43-/m1/s1. The summed E-state index contributed by atoms with van der Waals surface area (Å²) in [5.41, 5.74) is 0. The van der Waals surface area contributed by atoms with E-state index in [2.05, 4.69) is 27.7 Å². The van der Waals surface area contributed by atoms with Gasteiger partial charge in [0, 0.05) is 19.3 Å². The normalized spacial score (nSPS) is 12.5. The van der Waals surface area contributed by atoms with Gasteiger partial charge in [0.25, 0.3) is 0 Å². The molecule has 0 saturated heterocycles. The first-order chi connectivity index (χ1) is 25.4. The lowest BCUT2D eigenvalue weighted by Gasteiger charge is -2.18. The third-order valence-electron chi connectivity index (χ3n) is 10.7. The summed E-state index contributed by atoms with van der Waals surface area (Å²) >= 11 is 0. The fraction of sp³-hybridized carbons (Fsp3) is 0.935. The molecule has 2 atom stereocenters. The summed E-state index contributed by atoms with van der Waals surface area (Å²) in [6.07, 6.45) is 39.3. The van der Waals surface area contributed by atoms with E-state index in [1.165, 1.54) is 148 Å². The molecule has 0 aliphatic rings. The molecule has 0 bridgehead atoms. The minimum Gasteiger partial charge on any atom is -0.462 e. The fourth-order valence-corrected chi connectivity index (χ4v) is 6.77. The van der Waals surface area contributed by atoms with Crippen molar-refractivity contribution in [1.29, 1.82) is 0 Å². The summed E-state index contributed by atoms with van der Waals surface area (Å²) in [5, 5.41) is 0. The molecule has 0 spiro atoms. The van der Waals surface area contributed by atoms with Crippen LogP contribution in [0.4, 0.5) is 0 Å². The summed E-state index contributed by atoms with van der Waals surface area (Å²) in [6, 6.07) is 0. The molecule has 6 nitrogen and oxygen atoms in total. The van der Waals surface area contributed by atoms with Gasteiger partial charge in [0.15, 0.2) is 6.10 Å². The molecule has 0 heterocycles. The quantitative estimate of drug-likeness (QED) is 0.0353. The molecule has 0 amide bonds. The van der Waals surface area contributed by atoms with Crippen molar-refractivity contribution in [3.8, 4) is 0 Å². The molecule has 0 aromatic carbocycles. The highest BCUT2D eigenvalue weighted by Gasteiger charge is 2.19. The summed E-state index contributed by atoms with van der Waals surface area (Å²) < 4.78 is 16.7. The first kappa shape index (κ1) is 50.4. The number of ether oxygens (including phenoxy) is 3. The molecule has 1 unspecified atom stereocenters. The number of carbonyl (C=O) groups excluding carboxylic acids is 3. The summed E-state index contributed by atoms with van der Waals surface area (Å²) in [4.78, 5) is 37.7. The molecule has 0 aromatic rings. The molecule has 0 aliphatic carbocycles. The molecule has 0 radical (unpaired) electrons. The van der Waals surface area contributed by atoms with Crippen molar-refractivity contribution in [1.82, 2.24) is 0 Å². The number of hydrogen-bond acceptors (Lipinski definition) is 6. The van der Waals surface area contributed by atoms with Crippen molar-refractivity contribution in [3.05, 3.63) is 0 Å². The zero-order valence-corrected chi connectivity index (χ0v) is 35.3. The maximum atomic E-state index is 12.7. The average molecular weight is 737 g/mol. The Morgan fingerprint density at radius 1 is 0.385 bits per heavy atom. The van der Waals surface area contributed by atoms with Crippen LogP contribution in [0.2, 0.25) is 0 Å². The third kappa shape index (κ3) is 38.1. The minimum atomic E-state index is -0.759. The number of unbranched alkanes of at least 4 members (excludes halogenated alkanes) is 27. The molecule has 52 heavy (non-hydrogen) atoms. The van der Waals surface area contributed by atoms with Crippen LogP contribution in [0.15, 0.2) is 0 Å². The van der Waals surface area contributed by atoms with E-state index >= 15 is 0 Å². The Bertz CT molecular complexity index is 783. The van der Waals surface area contributed by atoms with Gasteiger partial charge in [-0.1, -0.05) is 214 Å². The van der Waals surface area contributed by atoms with Gasteiger partial charge in [0.1, 0.15) is 13.2 Å². The predicted molar refractivity (Wildman–Crippen MR) is 220 cm³/mol. The molecular weight excluding hydrogens is 648 g/mol. The maximum Gasteiger partial charge on any atom is 0.306 e. The first-order valence-electron chi connectivity index (χ1n) is 22.9. The molecule has 0 fully saturated rings. The second-order valence-electron chi connectivity index (χ2n) is 15.9. The van der Waals surface area contributed by atoms with Crippen LogP contribution in [0.3, 0.4) is 0 Å². The molecular formula is C46H88O6. The Kier molecular flexibility index (Phi) is 39.4. The van der Waals surface area contributed by atoms with Gasteiger partial charge in [-0.2, -0.15) is 0 Å². The Morgan fingerprint density at radius 2 is 0.673 bits per heavy atom. The molecule has 0 N–H and O–H groups in total. The van der Waals surface area contributed by atoms with E-state index in [1.807, 2.05) is 0 Å². The maximum absolute atomic E-state index is 12.7. The lowest BCUT2D eigenvalue weighted by Crippen LogP contribution is -2.30. The van der Waals surface area contributed by atoms with E-state index < -0.39 is 6.10 Å². The SMILES string of the molecule is CCCCCCCCCCCCCCC(=O)O[C@H](COC(=O)CCCCCCCCCCCC)COC(=O)CCCCCCCCCCC(C)CC. The van der Waals surface area contributed by atoms with Gasteiger partial charge in [-0.25, -0.2) is 0 Å². The lowest BCUT2D eigenvalue weighted by molar-refractivity contribution is -0.167. The van der Waals surface area contributed by atoms with E-state index in [1.54, 1.807) is 0 Å². The number of hydrogen-bond donors (Lipinski definition) is 0. The smallest absolute Gasteiger partial charge is 0.306 e. The van der Waals surface area contributed by atoms with Gasteiger partial charge in [0.2, 0.25) is 0 Å². The van der Waals surface area contributed by atoms with E-state index in [0.29, 0.717) is 19.3 Å². The molecule has 0 saturated carbocycles. The van der Waals surface area contributed by atoms with Crippen LogP contribution in [0.1, 0.15) is 252 Å². The van der Waals surface area contributed by atoms with Crippen molar-refractivity contribution >= 4 is 17.9 Å². The van der Waals surface area contributed by atoms with Crippen LogP contribution in [-0.4, -0.2) is 37.2 Å². The molecule has 0 aliphatic heterocycles. The van der Waals surface area contributed by atoms with Crippen molar-refractivity contribution < 1.29 is 28.6 Å². The highest BCUT2D eigenvalue weighted by molar-refractivity contribution is 5.71. The summed E-state index contributed by atoms with van der Waals surface area (Å²) in [6.45, 7) is 8.99. The predicted octanol–water partition coefficient (Wildman–Crippen LogP) is 14.3. The topological polar surface area (TPSA) is 78.9 Å². The van der Waals surface area contributed by atoms with E-state index in [0.717, 1.165) is 63.7 Å². The number of esters is 3. The van der Waals surface area contributed by atoms with Crippen LogP contribution in [0.5, 0.6) is 0 Å². The highest BCUT2D eigenvalue weighted by atomic mass is 16.6. The highest BCUT2D eigenvalue weighted by Crippen LogP contribution is 2.17. The molecule has 0 rings (SSSR count). The van der Waals surface area contributed by atoms with E-state index in [9.17, 15) is 14.4 Å². The van der Waals surface area contributed by atoms with Gasteiger partial charge in [-0.3, -0.25) is 14.4 Å². The molecule has 308 valence electrons. The number of rotatable bonds is 41. The second-order valence-corrected chi connectivity index (χ2v) is 15.9. The Labute approximate surface area is 323 Å². The number of carbonyl (C=O) groups is 3. The van der Waals surface area contributed by atoms with Crippen LogP contribution in [0.25, 0.3) is 0 Å². The molecule has 0 aromatic heterocycles.